The molecule has 2 rings (SSSR count). The number of ether oxygens (including phenoxy) is 2. The second kappa shape index (κ2) is 8.94. The maximum Gasteiger partial charge on any atom is 0.408 e. The number of carbonyl (C=O) groups is 3. The van der Waals surface area contributed by atoms with Crippen molar-refractivity contribution in [2.75, 3.05) is 7.11 Å². The number of carbonyl (C=O) groups excluding carboxylic acids is 2. The third kappa shape index (κ3) is 6.03. The Labute approximate surface area is 187 Å². The summed E-state index contributed by atoms with van der Waals surface area (Å²) in [5.41, 5.74) is -2.05. The predicted molar refractivity (Wildman–Crippen MR) is 116 cm³/mol. The van der Waals surface area contributed by atoms with Crippen LogP contribution in [0.4, 0.5) is 4.79 Å². The van der Waals surface area contributed by atoms with Crippen LogP contribution in [0, 0.1) is 5.41 Å². The van der Waals surface area contributed by atoms with E-state index in [1.54, 1.807) is 52.8 Å². The molecule has 8 nitrogen and oxygen atoms in total. The summed E-state index contributed by atoms with van der Waals surface area (Å²) in [4.78, 5) is 37.2. The number of hydrogen-bond acceptors (Lipinski definition) is 5. The van der Waals surface area contributed by atoms with Crippen molar-refractivity contribution in [2.45, 2.75) is 71.1 Å². The highest BCUT2D eigenvalue weighted by Gasteiger charge is 2.59. The van der Waals surface area contributed by atoms with Gasteiger partial charge in [0.15, 0.2) is 0 Å². The number of benzene rings is 1. The molecule has 0 aromatic heterocycles. The number of carboxylic acid groups (broad SMARTS) is 1. The van der Waals surface area contributed by atoms with E-state index in [4.69, 9.17) is 21.1 Å². The first-order valence-corrected chi connectivity index (χ1v) is 10.5. The minimum atomic E-state index is -1.15. The van der Waals surface area contributed by atoms with Crippen LogP contribution in [0.3, 0.4) is 0 Å². The monoisotopic (exact) mass is 454 g/mol. The van der Waals surface area contributed by atoms with Crippen molar-refractivity contribution in [3.8, 4) is 5.75 Å². The molecule has 0 radical (unpaired) electrons. The second-order valence-corrected chi connectivity index (χ2v) is 9.78. The van der Waals surface area contributed by atoms with Gasteiger partial charge in [-0.15, -0.1) is 0 Å². The molecule has 9 heteroatoms. The van der Waals surface area contributed by atoms with Crippen molar-refractivity contribution in [3.05, 3.63) is 28.8 Å². The SMILES string of the molecule is COc1ccc(C[C@@H](NC(=O)OC(C)(C)C)C(=O)NC2(C(C)(C)C(=O)O)CC2)cc1Cl. The summed E-state index contributed by atoms with van der Waals surface area (Å²) >= 11 is 6.19. The molecule has 1 atom stereocenters. The summed E-state index contributed by atoms with van der Waals surface area (Å²) in [6, 6.07) is 4.10. The van der Waals surface area contributed by atoms with E-state index in [1.807, 2.05) is 0 Å². The summed E-state index contributed by atoms with van der Waals surface area (Å²) in [6.07, 6.45) is 0.491. The number of methoxy groups -OCH3 is 1. The molecule has 0 spiro atoms. The van der Waals surface area contributed by atoms with Gasteiger partial charge in [0, 0.05) is 6.42 Å². The first kappa shape index (κ1) is 24.8. The summed E-state index contributed by atoms with van der Waals surface area (Å²) in [7, 11) is 1.50. The van der Waals surface area contributed by atoms with Crippen LogP contribution >= 0.6 is 11.6 Å². The van der Waals surface area contributed by atoms with Gasteiger partial charge in [0.25, 0.3) is 0 Å². The molecule has 1 fully saturated rings. The van der Waals surface area contributed by atoms with Crippen LogP contribution in [0.25, 0.3) is 0 Å². The van der Waals surface area contributed by atoms with Gasteiger partial charge < -0.3 is 25.2 Å². The first-order chi connectivity index (χ1) is 14.2. The van der Waals surface area contributed by atoms with E-state index >= 15 is 0 Å². The highest BCUT2D eigenvalue weighted by atomic mass is 35.5. The topological polar surface area (TPSA) is 114 Å². The molecule has 3 N–H and O–H groups in total. The minimum absolute atomic E-state index is 0.137. The molecule has 0 heterocycles. The lowest BCUT2D eigenvalue weighted by Gasteiger charge is -2.33. The molecule has 31 heavy (non-hydrogen) atoms. The first-order valence-electron chi connectivity index (χ1n) is 10.1. The van der Waals surface area contributed by atoms with Gasteiger partial charge >= 0.3 is 12.1 Å². The Morgan fingerprint density at radius 1 is 1.19 bits per heavy atom. The van der Waals surface area contributed by atoms with Crippen molar-refractivity contribution in [1.29, 1.82) is 0 Å². The second-order valence-electron chi connectivity index (χ2n) is 9.37. The number of rotatable bonds is 8. The van der Waals surface area contributed by atoms with Gasteiger partial charge in [-0.05, 0) is 65.2 Å². The highest BCUT2D eigenvalue weighted by molar-refractivity contribution is 6.32. The lowest BCUT2D eigenvalue weighted by atomic mass is 9.81. The van der Waals surface area contributed by atoms with Gasteiger partial charge in [0.05, 0.1) is 23.1 Å². The largest absolute Gasteiger partial charge is 0.495 e. The Hall–Kier alpha value is -2.48. The highest BCUT2D eigenvalue weighted by Crippen LogP contribution is 2.50. The predicted octanol–water partition coefficient (Wildman–Crippen LogP) is 3.54. The summed E-state index contributed by atoms with van der Waals surface area (Å²) in [6.45, 7) is 8.34. The fourth-order valence-corrected chi connectivity index (χ4v) is 3.57. The molecule has 1 aromatic carbocycles. The van der Waals surface area contributed by atoms with Crippen molar-refractivity contribution in [3.63, 3.8) is 0 Å². The third-order valence-electron chi connectivity index (χ3n) is 5.51. The van der Waals surface area contributed by atoms with Crippen molar-refractivity contribution in [2.24, 2.45) is 5.41 Å². The Morgan fingerprint density at radius 3 is 2.26 bits per heavy atom. The number of nitrogens with one attached hydrogen (secondary N) is 2. The van der Waals surface area contributed by atoms with E-state index in [-0.39, 0.29) is 6.42 Å². The van der Waals surface area contributed by atoms with E-state index in [0.717, 1.165) is 0 Å². The number of amides is 2. The standard InChI is InChI=1S/C22H31ClN2O6/c1-20(2,3)31-19(29)24-15(12-13-7-8-16(30-6)14(23)11-13)17(26)25-22(9-10-22)21(4,5)18(27)28/h7-8,11,15H,9-10,12H2,1-6H3,(H,24,29)(H,25,26)(H,27,28)/t15-/m1/s1. The normalized spacial score (nSPS) is 16.1. The molecule has 0 aliphatic heterocycles. The Kier molecular flexibility index (Phi) is 7.15. The Bertz CT molecular complexity index is 858. The average Bonchev–Trinajstić information content (AvgIpc) is 3.40. The van der Waals surface area contributed by atoms with Gasteiger partial charge in [-0.1, -0.05) is 17.7 Å². The van der Waals surface area contributed by atoms with Gasteiger partial charge in [-0.3, -0.25) is 9.59 Å². The van der Waals surface area contributed by atoms with Crippen LogP contribution in [0.5, 0.6) is 5.75 Å². The number of hydrogen-bond donors (Lipinski definition) is 3. The molecule has 2 amide bonds. The van der Waals surface area contributed by atoms with E-state index in [1.165, 1.54) is 7.11 Å². The number of aliphatic carboxylic acids is 1. The van der Waals surface area contributed by atoms with Crippen molar-refractivity contribution < 1.29 is 29.0 Å². The maximum absolute atomic E-state index is 13.1. The van der Waals surface area contributed by atoms with Crippen LogP contribution in [0.1, 0.15) is 53.0 Å². The van der Waals surface area contributed by atoms with E-state index < -0.39 is 40.6 Å². The quantitative estimate of drug-likeness (QED) is 0.553. The molecule has 1 aliphatic carbocycles. The van der Waals surface area contributed by atoms with Crippen molar-refractivity contribution in [1.82, 2.24) is 10.6 Å². The Morgan fingerprint density at radius 2 is 1.81 bits per heavy atom. The van der Waals surface area contributed by atoms with Crippen LogP contribution in [0.15, 0.2) is 18.2 Å². The average molecular weight is 455 g/mol. The zero-order chi connectivity index (χ0) is 23.6. The van der Waals surface area contributed by atoms with Crippen molar-refractivity contribution >= 4 is 29.6 Å². The number of carboxylic acids is 1. The van der Waals surface area contributed by atoms with Gasteiger partial charge in [-0.2, -0.15) is 0 Å². The van der Waals surface area contributed by atoms with Gasteiger partial charge in [-0.25, -0.2) is 4.79 Å². The zero-order valence-corrected chi connectivity index (χ0v) is 19.6. The fourth-order valence-electron chi connectivity index (χ4n) is 3.29. The lowest BCUT2D eigenvalue weighted by molar-refractivity contribution is -0.150. The van der Waals surface area contributed by atoms with E-state index in [9.17, 15) is 19.5 Å². The van der Waals surface area contributed by atoms with Crippen LogP contribution in [-0.4, -0.2) is 47.4 Å². The number of halogens is 1. The minimum Gasteiger partial charge on any atom is -0.495 e. The van der Waals surface area contributed by atoms with Gasteiger partial charge in [0.2, 0.25) is 5.91 Å². The third-order valence-corrected chi connectivity index (χ3v) is 5.80. The molecule has 1 saturated carbocycles. The molecule has 1 aliphatic rings. The lowest BCUT2D eigenvalue weighted by Crippen LogP contribution is -2.57. The zero-order valence-electron chi connectivity index (χ0n) is 18.8. The summed E-state index contributed by atoms with van der Waals surface area (Å²) < 4.78 is 10.4. The molecule has 172 valence electrons. The van der Waals surface area contributed by atoms with Crippen LogP contribution in [0.2, 0.25) is 5.02 Å². The molecule has 0 unspecified atom stereocenters. The smallest absolute Gasteiger partial charge is 0.408 e. The molecule has 0 bridgehead atoms. The van der Waals surface area contributed by atoms with E-state index in [2.05, 4.69) is 10.6 Å². The summed E-state index contributed by atoms with van der Waals surface area (Å²) in [5, 5.41) is 15.4. The molecule has 0 saturated heterocycles. The van der Waals surface area contributed by atoms with Gasteiger partial charge in [0.1, 0.15) is 17.4 Å². The Balaban J connectivity index is 2.24. The fraction of sp³-hybridized carbons (Fsp3) is 0.591. The molecular weight excluding hydrogens is 424 g/mol. The molecular formula is C22H31ClN2O6. The maximum atomic E-state index is 13.1. The number of alkyl carbamates (subject to hydrolysis) is 1. The summed E-state index contributed by atoms with van der Waals surface area (Å²) in [5.74, 6) is -0.986. The van der Waals surface area contributed by atoms with E-state index in [0.29, 0.717) is 29.2 Å². The van der Waals surface area contributed by atoms with Crippen LogP contribution in [-0.2, 0) is 20.7 Å². The molecule has 1 aromatic rings. The van der Waals surface area contributed by atoms with Crippen LogP contribution < -0.4 is 15.4 Å².